The average molecular weight is 440 g/mol. The fraction of sp³-hybridized carbons (Fsp3) is 0.321. The standard InChI is InChI=1S/C28H29N3O2/c1-2-33-28(32)25-19-30-31-26(23-11-7-4-8-12-23)24(18-29-27(25)31)22-15-13-21(14-16-22)17-20-9-5-3-6-10-20/h3,5-6,9-10,13-16,18-19,23H,2,4,7-8,11-12,17H2,1H3. The third-order valence-electron chi connectivity index (χ3n) is 6.57. The Hall–Kier alpha value is -3.47. The minimum absolute atomic E-state index is 0.332. The molecule has 5 rings (SSSR count). The Bertz CT molecular complexity index is 1240. The second-order valence-corrected chi connectivity index (χ2v) is 8.77. The Morgan fingerprint density at radius 3 is 2.42 bits per heavy atom. The molecule has 33 heavy (non-hydrogen) atoms. The van der Waals surface area contributed by atoms with Crippen LogP contribution in [0.3, 0.4) is 0 Å². The van der Waals surface area contributed by atoms with E-state index in [-0.39, 0.29) is 5.97 Å². The highest BCUT2D eigenvalue weighted by Crippen LogP contribution is 2.38. The summed E-state index contributed by atoms with van der Waals surface area (Å²) in [4.78, 5) is 17.1. The predicted octanol–water partition coefficient (Wildman–Crippen LogP) is 6.21. The van der Waals surface area contributed by atoms with E-state index in [0.29, 0.717) is 23.7 Å². The Morgan fingerprint density at radius 1 is 0.970 bits per heavy atom. The summed E-state index contributed by atoms with van der Waals surface area (Å²) in [5, 5.41) is 4.61. The van der Waals surface area contributed by atoms with Crippen LogP contribution in [0.25, 0.3) is 16.8 Å². The maximum absolute atomic E-state index is 12.4. The van der Waals surface area contributed by atoms with Gasteiger partial charge in [0.1, 0.15) is 5.56 Å². The van der Waals surface area contributed by atoms with Gasteiger partial charge in [-0.2, -0.15) is 5.10 Å². The number of hydrogen-bond acceptors (Lipinski definition) is 4. The second kappa shape index (κ2) is 9.57. The predicted molar refractivity (Wildman–Crippen MR) is 129 cm³/mol. The Kier molecular flexibility index (Phi) is 6.20. The maximum Gasteiger partial charge on any atom is 0.343 e. The van der Waals surface area contributed by atoms with Crippen LogP contribution in [0.15, 0.2) is 67.0 Å². The van der Waals surface area contributed by atoms with Crippen molar-refractivity contribution >= 4 is 11.6 Å². The molecule has 1 aliphatic carbocycles. The SMILES string of the molecule is CCOC(=O)c1cnn2c(C3CCCCC3)c(-c3ccc(Cc4ccccc4)cc3)cnc12. The zero-order chi connectivity index (χ0) is 22.6. The summed E-state index contributed by atoms with van der Waals surface area (Å²) in [6, 6.07) is 19.3. The normalized spacial score (nSPS) is 14.5. The van der Waals surface area contributed by atoms with Gasteiger partial charge in [-0.3, -0.25) is 0 Å². The van der Waals surface area contributed by atoms with Crippen LogP contribution in [0.1, 0.15) is 72.1 Å². The average Bonchev–Trinajstić information content (AvgIpc) is 3.30. The molecule has 1 fully saturated rings. The molecule has 4 aromatic rings. The van der Waals surface area contributed by atoms with Gasteiger partial charge in [0.2, 0.25) is 0 Å². The highest BCUT2D eigenvalue weighted by Gasteiger charge is 2.25. The molecule has 0 aliphatic heterocycles. The second-order valence-electron chi connectivity index (χ2n) is 8.77. The van der Waals surface area contributed by atoms with Gasteiger partial charge in [-0.15, -0.1) is 0 Å². The third-order valence-corrected chi connectivity index (χ3v) is 6.57. The quantitative estimate of drug-likeness (QED) is 0.335. The van der Waals surface area contributed by atoms with Crippen LogP contribution in [-0.2, 0) is 11.2 Å². The van der Waals surface area contributed by atoms with E-state index < -0.39 is 0 Å². The number of aromatic nitrogens is 3. The molecule has 2 heterocycles. The van der Waals surface area contributed by atoms with Crippen LogP contribution in [0.5, 0.6) is 0 Å². The molecule has 0 unspecified atom stereocenters. The van der Waals surface area contributed by atoms with Crippen molar-refractivity contribution in [2.75, 3.05) is 6.61 Å². The summed E-state index contributed by atoms with van der Waals surface area (Å²) in [7, 11) is 0. The summed E-state index contributed by atoms with van der Waals surface area (Å²) in [5.41, 5.74) is 6.98. The summed E-state index contributed by atoms with van der Waals surface area (Å²) >= 11 is 0. The van der Waals surface area contributed by atoms with Gasteiger partial charge in [0.05, 0.1) is 18.5 Å². The fourth-order valence-electron chi connectivity index (χ4n) is 4.93. The number of nitrogens with zero attached hydrogens (tertiary/aromatic N) is 3. The van der Waals surface area contributed by atoms with Gasteiger partial charge in [0.25, 0.3) is 0 Å². The molecule has 0 atom stereocenters. The molecule has 168 valence electrons. The Balaban J connectivity index is 1.55. The summed E-state index contributed by atoms with van der Waals surface area (Å²) in [6.07, 6.45) is 10.4. The Morgan fingerprint density at radius 2 is 1.70 bits per heavy atom. The fourth-order valence-corrected chi connectivity index (χ4v) is 4.93. The molecular weight excluding hydrogens is 410 g/mol. The van der Waals surface area contributed by atoms with Gasteiger partial charge in [-0.05, 0) is 42.9 Å². The first-order valence-electron chi connectivity index (χ1n) is 11.9. The van der Waals surface area contributed by atoms with Gasteiger partial charge < -0.3 is 4.74 Å². The van der Waals surface area contributed by atoms with Crippen LogP contribution < -0.4 is 0 Å². The first kappa shape index (κ1) is 21.4. The van der Waals surface area contributed by atoms with Crippen molar-refractivity contribution in [2.24, 2.45) is 0 Å². The number of carbonyl (C=O) groups is 1. The van der Waals surface area contributed by atoms with E-state index in [1.807, 2.05) is 23.7 Å². The number of fused-ring (bicyclic) bond motifs is 1. The molecule has 2 aromatic heterocycles. The van der Waals surface area contributed by atoms with Crippen molar-refractivity contribution < 1.29 is 9.53 Å². The number of benzene rings is 2. The lowest BCUT2D eigenvalue weighted by Crippen LogP contribution is -2.13. The van der Waals surface area contributed by atoms with Gasteiger partial charge in [0.15, 0.2) is 5.65 Å². The zero-order valence-electron chi connectivity index (χ0n) is 19.0. The molecule has 0 saturated heterocycles. The molecule has 2 aromatic carbocycles. The van der Waals surface area contributed by atoms with Crippen molar-refractivity contribution in [1.82, 2.24) is 14.6 Å². The number of carbonyl (C=O) groups excluding carboxylic acids is 1. The maximum atomic E-state index is 12.4. The third kappa shape index (κ3) is 4.40. The molecular formula is C28H29N3O2. The number of esters is 1. The van der Waals surface area contributed by atoms with E-state index in [9.17, 15) is 4.79 Å². The molecule has 0 N–H and O–H groups in total. The lowest BCUT2D eigenvalue weighted by atomic mass is 9.84. The van der Waals surface area contributed by atoms with Gasteiger partial charge in [-0.25, -0.2) is 14.3 Å². The van der Waals surface area contributed by atoms with Crippen molar-refractivity contribution in [3.05, 3.63) is 89.4 Å². The first-order valence-corrected chi connectivity index (χ1v) is 11.9. The van der Waals surface area contributed by atoms with E-state index in [1.54, 1.807) is 6.20 Å². The van der Waals surface area contributed by atoms with Crippen LogP contribution in [0.4, 0.5) is 0 Å². The molecule has 5 nitrogen and oxygen atoms in total. The van der Waals surface area contributed by atoms with Crippen LogP contribution in [-0.4, -0.2) is 27.2 Å². The monoisotopic (exact) mass is 439 g/mol. The molecule has 1 saturated carbocycles. The van der Waals surface area contributed by atoms with E-state index >= 15 is 0 Å². The van der Waals surface area contributed by atoms with Crippen LogP contribution in [0, 0.1) is 0 Å². The lowest BCUT2D eigenvalue weighted by Gasteiger charge is -2.25. The van der Waals surface area contributed by atoms with E-state index in [2.05, 4.69) is 58.6 Å². The highest BCUT2D eigenvalue weighted by atomic mass is 16.5. The number of ether oxygens (including phenoxy) is 1. The minimum Gasteiger partial charge on any atom is -0.462 e. The highest BCUT2D eigenvalue weighted by molar-refractivity contribution is 5.95. The molecule has 0 bridgehead atoms. The van der Waals surface area contributed by atoms with Gasteiger partial charge in [0, 0.05) is 17.7 Å². The largest absolute Gasteiger partial charge is 0.462 e. The molecule has 5 heteroatoms. The lowest BCUT2D eigenvalue weighted by molar-refractivity contribution is 0.0528. The number of hydrogen-bond donors (Lipinski definition) is 0. The molecule has 0 amide bonds. The molecule has 0 radical (unpaired) electrons. The Labute approximate surface area is 194 Å². The topological polar surface area (TPSA) is 56.5 Å². The van der Waals surface area contributed by atoms with Crippen LogP contribution >= 0.6 is 0 Å². The van der Waals surface area contributed by atoms with Crippen molar-refractivity contribution in [1.29, 1.82) is 0 Å². The van der Waals surface area contributed by atoms with Crippen LogP contribution in [0.2, 0.25) is 0 Å². The molecule has 0 spiro atoms. The zero-order valence-corrected chi connectivity index (χ0v) is 19.0. The van der Waals surface area contributed by atoms with Gasteiger partial charge in [-0.1, -0.05) is 73.9 Å². The minimum atomic E-state index is -0.368. The first-order chi connectivity index (χ1) is 16.2. The van der Waals surface area contributed by atoms with E-state index in [0.717, 1.165) is 36.1 Å². The summed E-state index contributed by atoms with van der Waals surface area (Å²) in [5.74, 6) is 0.0331. The number of rotatable bonds is 6. The van der Waals surface area contributed by atoms with E-state index in [1.165, 1.54) is 30.4 Å². The smallest absolute Gasteiger partial charge is 0.343 e. The van der Waals surface area contributed by atoms with Gasteiger partial charge >= 0.3 is 5.97 Å². The van der Waals surface area contributed by atoms with Crippen molar-refractivity contribution in [3.8, 4) is 11.1 Å². The summed E-state index contributed by atoms with van der Waals surface area (Å²) in [6.45, 7) is 2.14. The van der Waals surface area contributed by atoms with Crippen molar-refractivity contribution in [2.45, 2.75) is 51.4 Å². The molecule has 1 aliphatic rings. The van der Waals surface area contributed by atoms with Crippen molar-refractivity contribution in [3.63, 3.8) is 0 Å². The van der Waals surface area contributed by atoms with E-state index in [4.69, 9.17) is 4.74 Å². The summed E-state index contributed by atoms with van der Waals surface area (Å²) < 4.78 is 7.11.